The van der Waals surface area contributed by atoms with E-state index in [9.17, 15) is 14.9 Å². The lowest BCUT2D eigenvalue weighted by molar-refractivity contribution is -0.386. The summed E-state index contributed by atoms with van der Waals surface area (Å²) in [4.78, 5) is 24.7. The molecule has 0 aliphatic rings. The number of aromatic carboxylic acids is 1. The van der Waals surface area contributed by atoms with Crippen molar-refractivity contribution in [3.05, 3.63) is 40.3 Å². The van der Waals surface area contributed by atoms with Gasteiger partial charge >= 0.3 is 11.7 Å². The summed E-state index contributed by atoms with van der Waals surface area (Å²) in [7, 11) is 0. The van der Waals surface area contributed by atoms with Gasteiger partial charge in [0.1, 0.15) is 0 Å². The summed E-state index contributed by atoms with van der Waals surface area (Å²) >= 11 is 0. The minimum absolute atomic E-state index is 0.277. The normalized spacial score (nSPS) is 10.3. The number of aromatic nitrogens is 3. The molecule has 0 saturated heterocycles. The van der Waals surface area contributed by atoms with Crippen molar-refractivity contribution in [2.45, 2.75) is 19.9 Å². The van der Waals surface area contributed by atoms with Crippen molar-refractivity contribution in [3.8, 4) is 11.6 Å². The summed E-state index contributed by atoms with van der Waals surface area (Å²) in [6.07, 6.45) is 4.88. The Labute approximate surface area is 118 Å². The fourth-order valence-electron chi connectivity index (χ4n) is 1.63. The number of ether oxygens (including phenoxy) is 1. The van der Waals surface area contributed by atoms with E-state index in [1.54, 1.807) is 10.9 Å². The highest BCUT2D eigenvalue weighted by Gasteiger charge is 2.21. The fourth-order valence-corrected chi connectivity index (χ4v) is 1.63. The zero-order chi connectivity index (χ0) is 15.4. The van der Waals surface area contributed by atoms with E-state index in [2.05, 4.69) is 10.1 Å². The zero-order valence-corrected chi connectivity index (χ0v) is 11.1. The van der Waals surface area contributed by atoms with Gasteiger partial charge in [-0.25, -0.2) is 9.78 Å². The molecule has 0 aromatic carbocycles. The van der Waals surface area contributed by atoms with Crippen molar-refractivity contribution in [1.29, 1.82) is 0 Å². The molecular weight excluding hydrogens is 280 g/mol. The number of hydrogen-bond donors (Lipinski definition) is 1. The van der Waals surface area contributed by atoms with Crippen molar-refractivity contribution in [2.24, 2.45) is 0 Å². The molecule has 9 nitrogen and oxygen atoms in total. The van der Waals surface area contributed by atoms with Crippen LogP contribution in [-0.4, -0.2) is 30.8 Å². The highest BCUT2D eigenvalue weighted by molar-refractivity contribution is 5.88. The van der Waals surface area contributed by atoms with Crippen LogP contribution in [0, 0.1) is 10.1 Å². The van der Waals surface area contributed by atoms with Gasteiger partial charge in [0, 0.05) is 18.8 Å². The van der Waals surface area contributed by atoms with E-state index < -0.39 is 16.6 Å². The van der Waals surface area contributed by atoms with Gasteiger partial charge in [0.05, 0.1) is 22.9 Å². The summed E-state index contributed by atoms with van der Waals surface area (Å²) in [5.41, 5.74) is -0.797. The number of aryl methyl sites for hydroxylation is 1. The minimum atomic E-state index is -1.30. The van der Waals surface area contributed by atoms with Crippen LogP contribution in [0.15, 0.2) is 24.7 Å². The fraction of sp³-hybridized carbons (Fsp3) is 0.250. The van der Waals surface area contributed by atoms with E-state index >= 15 is 0 Å². The molecule has 21 heavy (non-hydrogen) atoms. The molecule has 0 fully saturated rings. The smallest absolute Gasteiger partial charge is 0.337 e. The molecule has 0 atom stereocenters. The van der Waals surface area contributed by atoms with Crippen molar-refractivity contribution in [2.75, 3.05) is 0 Å². The van der Waals surface area contributed by atoms with Crippen LogP contribution in [0.3, 0.4) is 0 Å². The van der Waals surface area contributed by atoms with Crippen LogP contribution >= 0.6 is 0 Å². The first-order valence-electron chi connectivity index (χ1n) is 6.09. The molecule has 1 N–H and O–H groups in total. The third-order valence-corrected chi connectivity index (χ3v) is 2.55. The Morgan fingerprint density at radius 2 is 2.29 bits per heavy atom. The Morgan fingerprint density at radius 3 is 2.90 bits per heavy atom. The molecule has 0 bridgehead atoms. The standard InChI is InChI=1S/C12H12N4O5/c1-2-3-15-7-9(6-14-15)21-11-10(16(19)20)4-8(5-13-11)12(17)18/h4-7H,2-3H2,1H3,(H,17,18). The quantitative estimate of drug-likeness (QED) is 0.639. The Bertz CT molecular complexity index is 682. The van der Waals surface area contributed by atoms with Crippen molar-refractivity contribution < 1.29 is 19.6 Å². The summed E-state index contributed by atoms with van der Waals surface area (Å²) in [5.74, 6) is -1.28. The van der Waals surface area contributed by atoms with E-state index in [0.717, 1.165) is 18.7 Å². The molecule has 2 rings (SSSR count). The molecule has 2 heterocycles. The third-order valence-electron chi connectivity index (χ3n) is 2.55. The summed E-state index contributed by atoms with van der Waals surface area (Å²) in [5, 5.41) is 23.8. The van der Waals surface area contributed by atoms with Gasteiger partial charge in [0.15, 0.2) is 5.75 Å². The number of rotatable bonds is 6. The van der Waals surface area contributed by atoms with E-state index in [4.69, 9.17) is 9.84 Å². The monoisotopic (exact) mass is 292 g/mol. The van der Waals surface area contributed by atoms with Crippen LogP contribution in [-0.2, 0) is 6.54 Å². The van der Waals surface area contributed by atoms with E-state index in [1.165, 1.54) is 6.20 Å². The predicted octanol–water partition coefficient (Wildman–Crippen LogP) is 2.09. The second-order valence-corrected chi connectivity index (χ2v) is 4.15. The Balaban J connectivity index is 2.29. The first kappa shape index (κ1) is 14.4. The van der Waals surface area contributed by atoms with E-state index in [1.807, 2.05) is 6.92 Å². The number of nitrogens with zero attached hydrogens (tertiary/aromatic N) is 4. The van der Waals surface area contributed by atoms with Crippen LogP contribution in [0.25, 0.3) is 0 Å². The molecule has 110 valence electrons. The number of nitro groups is 1. The lowest BCUT2D eigenvalue weighted by Gasteiger charge is -2.03. The van der Waals surface area contributed by atoms with Gasteiger partial charge in [-0.3, -0.25) is 14.8 Å². The van der Waals surface area contributed by atoms with Crippen LogP contribution in [0.4, 0.5) is 5.69 Å². The zero-order valence-electron chi connectivity index (χ0n) is 11.1. The molecule has 0 unspecified atom stereocenters. The highest BCUT2D eigenvalue weighted by Crippen LogP contribution is 2.29. The maximum atomic E-state index is 11.0. The Kier molecular flexibility index (Phi) is 4.12. The van der Waals surface area contributed by atoms with Gasteiger partial charge in [0.25, 0.3) is 5.88 Å². The average Bonchev–Trinajstić information content (AvgIpc) is 2.86. The van der Waals surface area contributed by atoms with Gasteiger partial charge in [-0.05, 0) is 6.42 Å². The Morgan fingerprint density at radius 1 is 1.52 bits per heavy atom. The van der Waals surface area contributed by atoms with Gasteiger partial charge < -0.3 is 9.84 Å². The molecule has 9 heteroatoms. The number of carboxylic acids is 1. The molecule has 0 aliphatic carbocycles. The maximum Gasteiger partial charge on any atom is 0.337 e. The molecule has 0 saturated carbocycles. The van der Waals surface area contributed by atoms with E-state index in [0.29, 0.717) is 12.3 Å². The number of pyridine rings is 1. The van der Waals surface area contributed by atoms with Gasteiger partial charge in [-0.15, -0.1) is 0 Å². The Hall–Kier alpha value is -2.97. The average molecular weight is 292 g/mol. The first-order valence-corrected chi connectivity index (χ1v) is 6.09. The summed E-state index contributed by atoms with van der Waals surface area (Å²) < 4.78 is 6.94. The van der Waals surface area contributed by atoms with Crippen molar-refractivity contribution >= 4 is 11.7 Å². The second-order valence-electron chi connectivity index (χ2n) is 4.15. The molecule has 2 aromatic heterocycles. The number of hydrogen-bond acceptors (Lipinski definition) is 6. The van der Waals surface area contributed by atoms with Crippen LogP contribution in [0.5, 0.6) is 11.6 Å². The summed E-state index contributed by atoms with van der Waals surface area (Å²) in [6, 6.07) is 0.904. The van der Waals surface area contributed by atoms with Gasteiger partial charge in [-0.2, -0.15) is 5.10 Å². The molecule has 0 spiro atoms. The highest BCUT2D eigenvalue weighted by atomic mass is 16.6. The van der Waals surface area contributed by atoms with Gasteiger partial charge in [0.2, 0.25) is 0 Å². The molecule has 0 radical (unpaired) electrons. The second kappa shape index (κ2) is 5.99. The van der Waals surface area contributed by atoms with Gasteiger partial charge in [-0.1, -0.05) is 6.92 Å². The first-order chi connectivity index (χ1) is 10.0. The van der Waals surface area contributed by atoms with Crippen molar-refractivity contribution in [1.82, 2.24) is 14.8 Å². The molecule has 2 aromatic rings. The summed E-state index contributed by atoms with van der Waals surface area (Å²) in [6.45, 7) is 2.68. The van der Waals surface area contributed by atoms with Crippen LogP contribution < -0.4 is 4.74 Å². The van der Waals surface area contributed by atoms with Crippen molar-refractivity contribution in [3.63, 3.8) is 0 Å². The topological polar surface area (TPSA) is 120 Å². The molecular formula is C12H12N4O5. The third kappa shape index (κ3) is 3.32. The lowest BCUT2D eigenvalue weighted by atomic mass is 10.2. The minimum Gasteiger partial charge on any atom is -0.478 e. The number of carbonyl (C=O) groups is 1. The molecule has 0 aliphatic heterocycles. The van der Waals surface area contributed by atoms with Crippen LogP contribution in [0.2, 0.25) is 0 Å². The van der Waals surface area contributed by atoms with E-state index in [-0.39, 0.29) is 11.4 Å². The lowest BCUT2D eigenvalue weighted by Crippen LogP contribution is -2.02. The largest absolute Gasteiger partial charge is 0.478 e. The molecule has 0 amide bonds. The SMILES string of the molecule is CCCn1cc(Oc2ncc(C(=O)O)cc2[N+](=O)[O-])cn1. The van der Waals surface area contributed by atoms with Crippen LogP contribution in [0.1, 0.15) is 23.7 Å². The predicted molar refractivity (Wildman–Crippen MR) is 70.4 cm³/mol. The maximum absolute atomic E-state index is 11.0. The number of carboxylic acid groups (broad SMARTS) is 1.